The van der Waals surface area contributed by atoms with E-state index in [-0.39, 0.29) is 18.2 Å². The Morgan fingerprint density at radius 2 is 1.90 bits per heavy atom. The highest BCUT2D eigenvalue weighted by atomic mass is 35.5. The van der Waals surface area contributed by atoms with Crippen molar-refractivity contribution in [3.05, 3.63) is 67.7 Å². The predicted molar refractivity (Wildman–Crippen MR) is 83.4 cm³/mol. The maximum Gasteiger partial charge on any atom is 0.277 e. The lowest BCUT2D eigenvalue weighted by Gasteiger charge is -2.12. The molecule has 0 unspecified atom stereocenters. The van der Waals surface area contributed by atoms with Gasteiger partial charge in [-0.3, -0.25) is 10.1 Å². The van der Waals surface area contributed by atoms with E-state index in [1.807, 2.05) is 0 Å². The Bertz CT molecular complexity index is 677. The van der Waals surface area contributed by atoms with Crippen molar-refractivity contribution < 1.29 is 9.66 Å². The molecule has 0 aliphatic rings. The third-order valence-corrected chi connectivity index (χ3v) is 3.63. The zero-order valence-corrected chi connectivity index (χ0v) is 13.0. The number of nitro benzene ring substituents is 1. The quantitative estimate of drug-likeness (QED) is 0.424. The van der Waals surface area contributed by atoms with Gasteiger partial charge in [-0.1, -0.05) is 35.3 Å². The Kier molecular flexibility index (Phi) is 5.28. The number of ether oxygens (including phenoxy) is 1. The molecule has 0 atom stereocenters. The van der Waals surface area contributed by atoms with Gasteiger partial charge in [0.25, 0.3) is 5.69 Å². The molecule has 21 heavy (non-hydrogen) atoms. The molecule has 0 heterocycles. The lowest BCUT2D eigenvalue weighted by molar-refractivity contribution is -0.385. The molecule has 0 spiro atoms. The summed E-state index contributed by atoms with van der Waals surface area (Å²) >= 11 is 17.7. The molecule has 0 aromatic heterocycles. The molecule has 2 aromatic carbocycles. The average molecular weight is 347 g/mol. The van der Waals surface area contributed by atoms with E-state index in [2.05, 4.69) is 0 Å². The van der Waals surface area contributed by atoms with Gasteiger partial charge in [0.05, 0.1) is 21.4 Å². The van der Waals surface area contributed by atoms with Crippen LogP contribution in [0.25, 0.3) is 0 Å². The molecule has 2 rings (SSSR count). The maximum absolute atomic E-state index is 11.0. The summed E-state index contributed by atoms with van der Waals surface area (Å²) in [5.41, 5.74) is 1.03. The molecule has 0 amide bonds. The van der Waals surface area contributed by atoms with Crippen LogP contribution >= 0.6 is 34.8 Å². The van der Waals surface area contributed by atoms with E-state index in [1.165, 1.54) is 6.07 Å². The van der Waals surface area contributed by atoms with Crippen molar-refractivity contribution in [3.63, 3.8) is 0 Å². The van der Waals surface area contributed by atoms with Gasteiger partial charge in [-0.25, -0.2) is 0 Å². The zero-order chi connectivity index (χ0) is 15.4. The lowest BCUT2D eigenvalue weighted by atomic mass is 10.2. The van der Waals surface area contributed by atoms with Crippen molar-refractivity contribution >= 4 is 40.5 Å². The van der Waals surface area contributed by atoms with E-state index >= 15 is 0 Å². The number of benzene rings is 2. The van der Waals surface area contributed by atoms with Crippen LogP contribution in [-0.2, 0) is 12.5 Å². The molecule has 110 valence electrons. The van der Waals surface area contributed by atoms with Gasteiger partial charge in [-0.05, 0) is 18.2 Å². The fourth-order valence-corrected chi connectivity index (χ4v) is 2.42. The van der Waals surface area contributed by atoms with Crippen molar-refractivity contribution in [1.29, 1.82) is 0 Å². The van der Waals surface area contributed by atoms with E-state index in [1.54, 1.807) is 30.3 Å². The molecular weight excluding hydrogens is 337 g/mol. The SMILES string of the molecule is O=[N+]([O-])c1cc(Cl)ccc1COc1c(Cl)cccc1CCl. The first kappa shape index (κ1) is 15.9. The van der Waals surface area contributed by atoms with Crippen molar-refractivity contribution in [2.24, 2.45) is 0 Å². The summed E-state index contributed by atoms with van der Waals surface area (Å²) in [4.78, 5) is 10.5. The number of halogens is 3. The molecule has 0 aliphatic heterocycles. The molecule has 0 bridgehead atoms. The number of para-hydroxylation sites is 1. The van der Waals surface area contributed by atoms with Gasteiger partial charge in [-0.15, -0.1) is 11.6 Å². The molecule has 0 saturated heterocycles. The Hall–Kier alpha value is -1.49. The summed E-state index contributed by atoms with van der Waals surface area (Å²) < 4.78 is 5.61. The van der Waals surface area contributed by atoms with Gasteiger partial charge >= 0.3 is 0 Å². The van der Waals surface area contributed by atoms with Crippen molar-refractivity contribution in [3.8, 4) is 5.75 Å². The molecular formula is C14H10Cl3NO3. The molecule has 0 radical (unpaired) electrons. The third-order valence-electron chi connectivity index (χ3n) is 2.81. The largest absolute Gasteiger partial charge is 0.487 e. The number of hydrogen-bond acceptors (Lipinski definition) is 3. The van der Waals surface area contributed by atoms with Crippen molar-refractivity contribution in [2.45, 2.75) is 12.5 Å². The highest BCUT2D eigenvalue weighted by Gasteiger charge is 2.16. The molecule has 0 fully saturated rings. The normalized spacial score (nSPS) is 10.4. The van der Waals surface area contributed by atoms with Crippen LogP contribution in [0.1, 0.15) is 11.1 Å². The summed E-state index contributed by atoms with van der Waals surface area (Å²) in [6, 6.07) is 9.63. The Morgan fingerprint density at radius 3 is 2.57 bits per heavy atom. The van der Waals surface area contributed by atoms with Crippen molar-refractivity contribution in [1.82, 2.24) is 0 Å². The highest BCUT2D eigenvalue weighted by molar-refractivity contribution is 6.32. The summed E-state index contributed by atoms with van der Waals surface area (Å²) in [5.74, 6) is 0.664. The second kappa shape index (κ2) is 6.98. The first-order valence-electron chi connectivity index (χ1n) is 5.92. The van der Waals surface area contributed by atoms with Crippen LogP contribution in [0.15, 0.2) is 36.4 Å². The van der Waals surface area contributed by atoms with Gasteiger partial charge in [0.15, 0.2) is 0 Å². The Balaban J connectivity index is 2.27. The summed E-state index contributed by atoms with van der Waals surface area (Å²) in [6.07, 6.45) is 0. The monoisotopic (exact) mass is 345 g/mol. The highest BCUT2D eigenvalue weighted by Crippen LogP contribution is 2.32. The van der Waals surface area contributed by atoms with Crippen LogP contribution in [0.2, 0.25) is 10.0 Å². The van der Waals surface area contributed by atoms with E-state index in [9.17, 15) is 10.1 Å². The lowest BCUT2D eigenvalue weighted by Crippen LogP contribution is -2.02. The molecule has 0 aliphatic carbocycles. The standard InChI is InChI=1S/C14H10Cl3NO3/c15-7-9-2-1-3-12(17)14(9)21-8-10-4-5-11(16)6-13(10)18(19)20/h1-6H,7-8H2. The number of hydrogen-bond donors (Lipinski definition) is 0. The Morgan fingerprint density at radius 1 is 1.14 bits per heavy atom. The number of nitrogens with zero attached hydrogens (tertiary/aromatic N) is 1. The third kappa shape index (κ3) is 3.79. The summed E-state index contributed by atoms with van der Waals surface area (Å²) in [7, 11) is 0. The average Bonchev–Trinajstić information content (AvgIpc) is 2.46. The van der Waals surface area contributed by atoms with Crippen LogP contribution in [0.4, 0.5) is 5.69 Å². The topological polar surface area (TPSA) is 52.4 Å². The van der Waals surface area contributed by atoms with Gasteiger partial charge in [0.2, 0.25) is 0 Å². The van der Waals surface area contributed by atoms with Crippen LogP contribution in [0.5, 0.6) is 5.75 Å². The van der Waals surface area contributed by atoms with Crippen LogP contribution < -0.4 is 4.74 Å². The molecule has 0 N–H and O–H groups in total. The van der Waals surface area contributed by atoms with Gasteiger partial charge in [0.1, 0.15) is 12.4 Å². The molecule has 4 nitrogen and oxygen atoms in total. The second-order valence-electron chi connectivity index (χ2n) is 4.18. The van der Waals surface area contributed by atoms with Crippen LogP contribution in [0, 0.1) is 10.1 Å². The van der Waals surface area contributed by atoms with E-state index in [0.717, 1.165) is 5.56 Å². The summed E-state index contributed by atoms with van der Waals surface area (Å²) in [6.45, 7) is 0.00110. The summed E-state index contributed by atoms with van der Waals surface area (Å²) in [5, 5.41) is 11.7. The van der Waals surface area contributed by atoms with Gasteiger partial charge < -0.3 is 4.74 Å². The fraction of sp³-hybridized carbons (Fsp3) is 0.143. The minimum Gasteiger partial charge on any atom is -0.487 e. The number of alkyl halides is 1. The van der Waals surface area contributed by atoms with Crippen LogP contribution in [0.3, 0.4) is 0 Å². The zero-order valence-electron chi connectivity index (χ0n) is 10.7. The minimum atomic E-state index is -0.500. The van der Waals surface area contributed by atoms with E-state index in [4.69, 9.17) is 39.5 Å². The maximum atomic E-state index is 11.0. The second-order valence-corrected chi connectivity index (χ2v) is 5.29. The Labute approximate surface area is 136 Å². The smallest absolute Gasteiger partial charge is 0.277 e. The molecule has 0 saturated carbocycles. The van der Waals surface area contributed by atoms with Crippen LogP contribution in [-0.4, -0.2) is 4.92 Å². The number of nitro groups is 1. The first-order valence-corrected chi connectivity index (χ1v) is 7.21. The van der Waals surface area contributed by atoms with Crippen molar-refractivity contribution in [2.75, 3.05) is 0 Å². The van der Waals surface area contributed by atoms with Gasteiger partial charge in [0, 0.05) is 16.7 Å². The molecule has 7 heteroatoms. The predicted octanol–water partition coefficient (Wildman–Crippen LogP) is 5.22. The number of rotatable bonds is 5. The van der Waals surface area contributed by atoms with Gasteiger partial charge in [-0.2, -0.15) is 0 Å². The molecule has 2 aromatic rings. The minimum absolute atomic E-state index is 0.00110. The first-order chi connectivity index (χ1) is 10.0. The van der Waals surface area contributed by atoms with E-state index < -0.39 is 4.92 Å². The fourth-order valence-electron chi connectivity index (χ4n) is 1.80. The van der Waals surface area contributed by atoms with E-state index in [0.29, 0.717) is 21.4 Å².